The largest absolute Gasteiger partial charge is 0.456 e. The monoisotopic (exact) mass is 494 g/mol. The van der Waals surface area contributed by atoms with Crippen molar-refractivity contribution in [3.05, 3.63) is 77.9 Å². The molecule has 10 heteroatoms. The number of carbonyl (C=O) groups is 1. The predicted molar refractivity (Wildman–Crippen MR) is 131 cm³/mol. The van der Waals surface area contributed by atoms with E-state index >= 15 is 0 Å². The van der Waals surface area contributed by atoms with Crippen LogP contribution in [0.15, 0.2) is 71.6 Å². The van der Waals surface area contributed by atoms with Crippen molar-refractivity contribution in [1.29, 1.82) is 5.26 Å². The number of benzene rings is 3. The fraction of sp³-hybridized carbons (Fsp3) is 0.200. The molecule has 0 heterocycles. The molecule has 35 heavy (non-hydrogen) atoms. The number of nitriles is 1. The van der Waals surface area contributed by atoms with E-state index in [4.69, 9.17) is 10.5 Å². The van der Waals surface area contributed by atoms with Gasteiger partial charge in [0.05, 0.1) is 11.6 Å². The maximum atomic E-state index is 13.0. The lowest BCUT2D eigenvalue weighted by Crippen LogP contribution is -2.48. The van der Waals surface area contributed by atoms with Crippen molar-refractivity contribution in [1.82, 2.24) is 10.0 Å². The van der Waals surface area contributed by atoms with Crippen molar-refractivity contribution in [2.45, 2.75) is 37.4 Å². The molecular formula is C25H26N4O5S. The number of sulfonamides is 1. The number of urea groups is 1. The number of amides is 2. The Morgan fingerprint density at radius 3 is 2.34 bits per heavy atom. The predicted octanol–water partition coefficient (Wildman–Crippen LogP) is 3.75. The molecule has 5 N–H and O–H groups in total. The standard InChI is InChI=1S/C25H26N4O5S/c1-25(2,3)28-24(31)29-35(32,33)22-13-16(15-26)7-12-21(22)34-20-6-4-5-19(14-20)17-8-10-18(11-9-17)23(27)30/h4-14,23,30H,27H2,1-3H3,(H2,28,29,31). The van der Waals surface area contributed by atoms with E-state index in [0.29, 0.717) is 11.3 Å². The van der Waals surface area contributed by atoms with E-state index in [1.165, 1.54) is 12.1 Å². The summed E-state index contributed by atoms with van der Waals surface area (Å²) in [5.41, 5.74) is 7.08. The minimum Gasteiger partial charge on any atom is -0.456 e. The molecule has 3 aromatic rings. The Kier molecular flexibility index (Phi) is 7.45. The van der Waals surface area contributed by atoms with Crippen LogP contribution in [0.4, 0.5) is 4.79 Å². The summed E-state index contributed by atoms with van der Waals surface area (Å²) in [5.74, 6) is 0.282. The first-order valence-electron chi connectivity index (χ1n) is 10.6. The summed E-state index contributed by atoms with van der Waals surface area (Å²) in [6.07, 6.45) is -1.07. The molecule has 1 atom stereocenters. The quantitative estimate of drug-likeness (QED) is 0.380. The number of carbonyl (C=O) groups excluding carboxylic acids is 1. The topological polar surface area (TPSA) is 155 Å². The third kappa shape index (κ3) is 6.80. The number of ether oxygens (including phenoxy) is 1. The minimum absolute atomic E-state index is 0.0567. The smallest absolute Gasteiger partial charge is 0.329 e. The second kappa shape index (κ2) is 10.1. The number of hydrogen-bond acceptors (Lipinski definition) is 7. The van der Waals surface area contributed by atoms with Gasteiger partial charge in [-0.25, -0.2) is 17.9 Å². The highest BCUT2D eigenvalue weighted by atomic mass is 32.2. The number of rotatable bonds is 6. The van der Waals surface area contributed by atoms with Crippen molar-refractivity contribution >= 4 is 16.1 Å². The third-order valence-corrected chi connectivity index (χ3v) is 6.08. The van der Waals surface area contributed by atoms with Crippen molar-refractivity contribution in [3.63, 3.8) is 0 Å². The normalized spacial score (nSPS) is 12.3. The number of nitrogens with one attached hydrogen (secondary N) is 2. The Hall–Kier alpha value is -3.91. The van der Waals surface area contributed by atoms with E-state index in [1.807, 2.05) is 16.9 Å². The summed E-state index contributed by atoms with van der Waals surface area (Å²) < 4.78 is 33.8. The maximum absolute atomic E-state index is 13.0. The van der Waals surface area contributed by atoms with Gasteiger partial charge in [0.25, 0.3) is 10.0 Å². The number of hydrogen-bond donors (Lipinski definition) is 4. The Bertz CT molecular complexity index is 1370. The first kappa shape index (κ1) is 25.7. The number of nitrogens with zero attached hydrogens (tertiary/aromatic N) is 1. The Labute approximate surface area is 204 Å². The molecule has 182 valence electrons. The molecule has 0 radical (unpaired) electrons. The number of aliphatic hydroxyl groups excluding tert-OH is 1. The third-order valence-electron chi connectivity index (χ3n) is 4.73. The van der Waals surface area contributed by atoms with Gasteiger partial charge in [-0.2, -0.15) is 5.26 Å². The second-order valence-corrected chi connectivity index (χ2v) is 10.4. The van der Waals surface area contributed by atoms with Crippen LogP contribution in [0.3, 0.4) is 0 Å². The van der Waals surface area contributed by atoms with Crippen molar-refractivity contribution in [2.24, 2.45) is 5.73 Å². The van der Waals surface area contributed by atoms with Crippen LogP contribution < -0.4 is 20.5 Å². The van der Waals surface area contributed by atoms with Gasteiger partial charge in [0, 0.05) is 5.54 Å². The van der Waals surface area contributed by atoms with E-state index in [1.54, 1.807) is 63.2 Å². The molecule has 0 aliphatic carbocycles. The molecule has 1 unspecified atom stereocenters. The van der Waals surface area contributed by atoms with Crippen LogP contribution in [0.2, 0.25) is 0 Å². The molecule has 2 amide bonds. The summed E-state index contributed by atoms with van der Waals surface area (Å²) >= 11 is 0. The Morgan fingerprint density at radius 1 is 1.06 bits per heavy atom. The molecule has 3 rings (SSSR count). The average Bonchev–Trinajstić information content (AvgIpc) is 2.78. The molecule has 3 aromatic carbocycles. The molecule has 0 fully saturated rings. The molecular weight excluding hydrogens is 468 g/mol. The number of nitrogens with two attached hydrogens (primary N) is 1. The van der Waals surface area contributed by atoms with Gasteiger partial charge >= 0.3 is 6.03 Å². The van der Waals surface area contributed by atoms with Gasteiger partial charge in [0.1, 0.15) is 22.6 Å². The average molecular weight is 495 g/mol. The molecule has 0 aliphatic heterocycles. The van der Waals surface area contributed by atoms with Crippen LogP contribution in [0.1, 0.15) is 38.1 Å². The van der Waals surface area contributed by atoms with Gasteiger partial charge in [-0.1, -0.05) is 36.4 Å². The van der Waals surface area contributed by atoms with Crippen LogP contribution >= 0.6 is 0 Å². The van der Waals surface area contributed by atoms with Crippen LogP contribution in [-0.2, 0) is 10.0 Å². The van der Waals surface area contributed by atoms with Crippen molar-refractivity contribution < 1.29 is 23.1 Å². The van der Waals surface area contributed by atoms with Crippen LogP contribution in [0.25, 0.3) is 11.1 Å². The molecule has 0 aromatic heterocycles. The van der Waals surface area contributed by atoms with Crippen molar-refractivity contribution in [2.75, 3.05) is 0 Å². The number of aliphatic hydroxyl groups is 1. The lowest BCUT2D eigenvalue weighted by atomic mass is 10.0. The highest BCUT2D eigenvalue weighted by Crippen LogP contribution is 2.32. The first-order valence-corrected chi connectivity index (χ1v) is 12.1. The summed E-state index contributed by atoms with van der Waals surface area (Å²) in [4.78, 5) is 11.9. The van der Waals surface area contributed by atoms with Gasteiger partial charge in [-0.05, 0) is 67.8 Å². The lowest BCUT2D eigenvalue weighted by Gasteiger charge is -2.21. The minimum atomic E-state index is -4.36. The van der Waals surface area contributed by atoms with Gasteiger partial charge in [0.2, 0.25) is 0 Å². The molecule has 0 spiro atoms. The molecule has 0 saturated carbocycles. The SMILES string of the molecule is CC(C)(C)NC(=O)NS(=O)(=O)c1cc(C#N)ccc1Oc1cccc(-c2ccc(C(N)O)cc2)c1. The first-order chi connectivity index (χ1) is 16.4. The zero-order valence-electron chi connectivity index (χ0n) is 19.4. The summed E-state index contributed by atoms with van der Waals surface area (Å²) in [7, 11) is -4.36. The summed E-state index contributed by atoms with van der Waals surface area (Å²) in [5, 5.41) is 21.3. The molecule has 0 bridgehead atoms. The van der Waals surface area contributed by atoms with Gasteiger partial charge in [0.15, 0.2) is 0 Å². The zero-order chi connectivity index (χ0) is 25.8. The van der Waals surface area contributed by atoms with Crippen LogP contribution in [0.5, 0.6) is 11.5 Å². The lowest BCUT2D eigenvalue weighted by molar-refractivity contribution is 0.186. The van der Waals surface area contributed by atoms with E-state index in [-0.39, 0.29) is 16.2 Å². The Morgan fingerprint density at radius 2 is 1.74 bits per heavy atom. The van der Waals surface area contributed by atoms with Gasteiger partial charge in [-0.3, -0.25) is 0 Å². The molecule has 0 aliphatic rings. The van der Waals surface area contributed by atoms with E-state index < -0.39 is 27.8 Å². The molecule has 0 saturated heterocycles. The summed E-state index contributed by atoms with van der Waals surface area (Å²) in [6, 6.07) is 18.8. The van der Waals surface area contributed by atoms with Gasteiger partial charge in [-0.15, -0.1) is 0 Å². The molecule has 9 nitrogen and oxygen atoms in total. The highest BCUT2D eigenvalue weighted by Gasteiger charge is 2.25. The van der Waals surface area contributed by atoms with Crippen LogP contribution in [0, 0.1) is 11.3 Å². The fourth-order valence-corrected chi connectivity index (χ4v) is 4.22. The summed E-state index contributed by atoms with van der Waals surface area (Å²) in [6.45, 7) is 5.13. The Balaban J connectivity index is 1.93. The van der Waals surface area contributed by atoms with E-state index in [0.717, 1.165) is 17.2 Å². The maximum Gasteiger partial charge on any atom is 0.329 e. The zero-order valence-corrected chi connectivity index (χ0v) is 20.3. The van der Waals surface area contributed by atoms with E-state index in [9.17, 15) is 23.6 Å². The van der Waals surface area contributed by atoms with Crippen molar-refractivity contribution in [3.8, 4) is 28.7 Å². The second-order valence-electron chi connectivity index (χ2n) is 8.78. The van der Waals surface area contributed by atoms with E-state index in [2.05, 4.69) is 5.32 Å². The van der Waals surface area contributed by atoms with Crippen LogP contribution in [-0.4, -0.2) is 25.1 Å². The fourth-order valence-electron chi connectivity index (χ4n) is 3.15. The highest BCUT2D eigenvalue weighted by molar-refractivity contribution is 7.90. The van der Waals surface area contributed by atoms with Gasteiger partial charge < -0.3 is 20.9 Å².